The lowest BCUT2D eigenvalue weighted by molar-refractivity contribution is -0.136. The summed E-state index contributed by atoms with van der Waals surface area (Å²) in [7, 11) is 3.45. The number of nitrogens with one attached hydrogen (secondary N) is 2. The van der Waals surface area contributed by atoms with Crippen molar-refractivity contribution in [3.05, 3.63) is 53.4 Å². The van der Waals surface area contributed by atoms with Gasteiger partial charge >= 0.3 is 5.97 Å². The molecule has 10 heteroatoms. The van der Waals surface area contributed by atoms with Crippen molar-refractivity contribution in [2.45, 2.75) is 39.0 Å². The van der Waals surface area contributed by atoms with E-state index in [2.05, 4.69) is 15.6 Å². The molecule has 2 heterocycles. The second-order valence-electron chi connectivity index (χ2n) is 9.65. The monoisotopic (exact) mass is 506 g/mol. The number of aryl methyl sites for hydroxylation is 1. The summed E-state index contributed by atoms with van der Waals surface area (Å²) in [5.41, 5.74) is 1.96. The number of aromatic nitrogens is 1. The average molecular weight is 507 g/mol. The number of nitrogens with zero attached hydrogens (tertiary/aromatic N) is 2. The summed E-state index contributed by atoms with van der Waals surface area (Å²) in [6.07, 6.45) is 3.71. The lowest BCUT2D eigenvalue weighted by Gasteiger charge is -2.28. The highest BCUT2D eigenvalue weighted by atomic mass is 16.4. The molecule has 0 spiro atoms. The Labute approximate surface area is 214 Å². The third-order valence-corrected chi connectivity index (χ3v) is 6.60. The highest BCUT2D eigenvalue weighted by Crippen LogP contribution is 2.35. The van der Waals surface area contributed by atoms with E-state index in [9.17, 15) is 24.3 Å². The summed E-state index contributed by atoms with van der Waals surface area (Å²) in [6.45, 7) is 1.88. The zero-order chi connectivity index (χ0) is 26.7. The fourth-order valence-electron chi connectivity index (χ4n) is 4.62. The smallest absolute Gasteiger partial charge is 0.307 e. The highest BCUT2D eigenvalue weighted by molar-refractivity contribution is 6.14. The maximum Gasteiger partial charge on any atom is 0.307 e. The van der Waals surface area contributed by atoms with Gasteiger partial charge in [-0.05, 0) is 61.9 Å². The number of pyridine rings is 1. The fourth-order valence-corrected chi connectivity index (χ4v) is 4.62. The minimum Gasteiger partial charge on any atom is -0.481 e. The van der Waals surface area contributed by atoms with Crippen LogP contribution >= 0.6 is 0 Å². The molecule has 3 N–H and O–H groups in total. The van der Waals surface area contributed by atoms with Gasteiger partial charge in [0.2, 0.25) is 17.6 Å². The first-order chi connectivity index (χ1) is 17.6. The second kappa shape index (κ2) is 10.8. The van der Waals surface area contributed by atoms with Gasteiger partial charge in [-0.25, -0.2) is 4.98 Å². The lowest BCUT2D eigenvalue weighted by atomic mass is 9.81. The standard InChI is InChI=1S/C27H30N4O6/c1-15-4-11-21(28-14-15)29-26(35)24-23(19-12-16(13-22(32)33)5-10-20(19)37-24)30-25(34)17-6-8-18(9-7-17)27(36)31(2)3/h4-5,10-12,14,17-18H,6-9,13H2,1-3H3,(H,30,34)(H,32,33)(H,28,29,35). The molecule has 2 aromatic heterocycles. The van der Waals surface area contributed by atoms with Gasteiger partial charge in [-0.1, -0.05) is 12.1 Å². The third-order valence-electron chi connectivity index (χ3n) is 6.60. The molecule has 1 fully saturated rings. The van der Waals surface area contributed by atoms with E-state index in [1.54, 1.807) is 55.5 Å². The molecule has 0 atom stereocenters. The Bertz CT molecular complexity index is 1340. The molecule has 1 aliphatic rings. The summed E-state index contributed by atoms with van der Waals surface area (Å²) >= 11 is 0. The Morgan fingerprint density at radius 2 is 1.73 bits per heavy atom. The van der Waals surface area contributed by atoms with Crippen LogP contribution in [0.5, 0.6) is 0 Å². The number of carboxylic acid groups (broad SMARTS) is 1. The first kappa shape index (κ1) is 25.9. The van der Waals surface area contributed by atoms with Crippen molar-refractivity contribution < 1.29 is 28.7 Å². The Kier molecular flexibility index (Phi) is 7.56. The number of hydrogen-bond donors (Lipinski definition) is 3. The molecule has 1 aromatic carbocycles. The quantitative estimate of drug-likeness (QED) is 0.442. The van der Waals surface area contributed by atoms with Crippen LogP contribution in [0.3, 0.4) is 0 Å². The fraction of sp³-hybridized carbons (Fsp3) is 0.370. The predicted molar refractivity (Wildman–Crippen MR) is 137 cm³/mol. The molecule has 0 saturated heterocycles. The first-order valence-electron chi connectivity index (χ1n) is 12.2. The third kappa shape index (κ3) is 5.96. The normalized spacial score (nSPS) is 17.3. The highest BCUT2D eigenvalue weighted by Gasteiger charge is 2.32. The second-order valence-corrected chi connectivity index (χ2v) is 9.65. The predicted octanol–water partition coefficient (Wildman–Crippen LogP) is 3.85. The van der Waals surface area contributed by atoms with E-state index in [1.165, 1.54) is 0 Å². The molecule has 0 bridgehead atoms. The van der Waals surface area contributed by atoms with Crippen molar-refractivity contribution in [3.63, 3.8) is 0 Å². The van der Waals surface area contributed by atoms with Crippen LogP contribution < -0.4 is 10.6 Å². The van der Waals surface area contributed by atoms with E-state index in [1.807, 2.05) is 6.92 Å². The number of hydrogen-bond acceptors (Lipinski definition) is 6. The van der Waals surface area contributed by atoms with Crippen LogP contribution in [0.4, 0.5) is 11.5 Å². The molecule has 1 aliphatic carbocycles. The molecule has 0 aliphatic heterocycles. The van der Waals surface area contributed by atoms with Crippen molar-refractivity contribution in [3.8, 4) is 0 Å². The SMILES string of the molecule is Cc1ccc(NC(=O)c2oc3ccc(CC(=O)O)cc3c2NC(=O)C2CCC(C(=O)N(C)C)CC2)nc1. The van der Waals surface area contributed by atoms with Gasteiger partial charge in [-0.15, -0.1) is 0 Å². The minimum absolute atomic E-state index is 0.0642. The van der Waals surface area contributed by atoms with Crippen molar-refractivity contribution in [2.24, 2.45) is 11.8 Å². The molecule has 3 aromatic rings. The van der Waals surface area contributed by atoms with Crippen LogP contribution in [0.15, 0.2) is 40.9 Å². The summed E-state index contributed by atoms with van der Waals surface area (Å²) in [4.78, 5) is 55.7. The molecule has 10 nitrogen and oxygen atoms in total. The molecular formula is C27H30N4O6. The van der Waals surface area contributed by atoms with E-state index in [4.69, 9.17) is 4.42 Å². The summed E-state index contributed by atoms with van der Waals surface area (Å²) in [5, 5.41) is 15.2. The van der Waals surface area contributed by atoms with Crippen molar-refractivity contribution in [2.75, 3.05) is 24.7 Å². The molecule has 3 amide bonds. The van der Waals surface area contributed by atoms with Gasteiger partial charge in [0.25, 0.3) is 5.91 Å². The molecule has 4 rings (SSSR count). The van der Waals surface area contributed by atoms with Crippen LogP contribution in [0, 0.1) is 18.8 Å². The first-order valence-corrected chi connectivity index (χ1v) is 12.2. The number of amides is 3. The number of carbonyl (C=O) groups excluding carboxylic acids is 3. The number of anilines is 2. The van der Waals surface area contributed by atoms with Crippen molar-refractivity contribution in [1.82, 2.24) is 9.88 Å². The van der Waals surface area contributed by atoms with Crippen LogP contribution in [0.25, 0.3) is 11.0 Å². The van der Waals surface area contributed by atoms with Gasteiger partial charge in [-0.2, -0.15) is 0 Å². The molecule has 0 unspecified atom stereocenters. The lowest BCUT2D eigenvalue weighted by Crippen LogP contribution is -2.35. The summed E-state index contributed by atoms with van der Waals surface area (Å²) in [5.74, 6) is -2.01. The van der Waals surface area contributed by atoms with Gasteiger partial charge in [0.15, 0.2) is 0 Å². The van der Waals surface area contributed by atoms with Crippen LogP contribution in [-0.4, -0.2) is 52.8 Å². The van der Waals surface area contributed by atoms with E-state index in [-0.39, 0.29) is 41.5 Å². The summed E-state index contributed by atoms with van der Waals surface area (Å²) < 4.78 is 5.83. The molecule has 1 saturated carbocycles. The van der Waals surface area contributed by atoms with Gasteiger partial charge in [0.1, 0.15) is 17.1 Å². The zero-order valence-electron chi connectivity index (χ0n) is 21.0. The Morgan fingerprint density at radius 1 is 1.03 bits per heavy atom. The number of rotatable bonds is 7. The molecular weight excluding hydrogens is 476 g/mol. The van der Waals surface area contributed by atoms with Gasteiger partial charge in [0, 0.05) is 37.5 Å². The number of fused-ring (bicyclic) bond motifs is 1. The van der Waals surface area contributed by atoms with E-state index < -0.39 is 11.9 Å². The van der Waals surface area contributed by atoms with Crippen LogP contribution in [-0.2, 0) is 20.8 Å². The van der Waals surface area contributed by atoms with Crippen LogP contribution in [0.1, 0.15) is 47.4 Å². The largest absolute Gasteiger partial charge is 0.481 e. The number of carboxylic acids is 1. The number of benzene rings is 1. The van der Waals surface area contributed by atoms with Gasteiger partial charge in [-0.3, -0.25) is 19.2 Å². The van der Waals surface area contributed by atoms with Gasteiger partial charge < -0.3 is 25.1 Å². The number of furan rings is 1. The van der Waals surface area contributed by atoms with Gasteiger partial charge in [0.05, 0.1) is 6.42 Å². The minimum atomic E-state index is -0.999. The Morgan fingerprint density at radius 3 is 2.35 bits per heavy atom. The Hall–Kier alpha value is -4.21. The van der Waals surface area contributed by atoms with E-state index in [0.29, 0.717) is 48.0 Å². The Balaban J connectivity index is 1.60. The molecule has 0 radical (unpaired) electrons. The molecule has 194 valence electrons. The van der Waals surface area contributed by atoms with E-state index >= 15 is 0 Å². The topological polar surface area (TPSA) is 142 Å². The van der Waals surface area contributed by atoms with Crippen molar-refractivity contribution >= 4 is 46.2 Å². The average Bonchev–Trinajstić information content (AvgIpc) is 3.22. The summed E-state index contributed by atoms with van der Waals surface area (Å²) in [6, 6.07) is 8.27. The number of aliphatic carboxylic acids is 1. The van der Waals surface area contributed by atoms with E-state index in [0.717, 1.165) is 5.56 Å². The number of carbonyl (C=O) groups is 4. The maximum absolute atomic E-state index is 13.3. The van der Waals surface area contributed by atoms with Crippen LogP contribution in [0.2, 0.25) is 0 Å². The maximum atomic E-state index is 13.3. The zero-order valence-corrected chi connectivity index (χ0v) is 21.0. The van der Waals surface area contributed by atoms with Crippen molar-refractivity contribution in [1.29, 1.82) is 0 Å². The molecule has 37 heavy (non-hydrogen) atoms.